The van der Waals surface area contributed by atoms with Crippen molar-refractivity contribution in [2.24, 2.45) is 35.3 Å². The molecule has 4 atom stereocenters. The highest BCUT2D eigenvalue weighted by molar-refractivity contribution is 6.23. The minimum atomic E-state index is -2.61. The van der Waals surface area contributed by atoms with Crippen molar-refractivity contribution in [3.63, 3.8) is 0 Å². The molecule has 8 heteroatoms. The molecule has 216 valence electrons. The summed E-state index contributed by atoms with van der Waals surface area (Å²) in [5.41, 5.74) is 6.71. The Morgan fingerprint density at radius 2 is 1.76 bits per heavy atom. The van der Waals surface area contributed by atoms with Crippen molar-refractivity contribution < 1.29 is 34.8 Å². The first-order chi connectivity index (χ1) is 19.2. The highest BCUT2D eigenvalue weighted by Gasteiger charge is 2.64. The van der Waals surface area contributed by atoms with Crippen LogP contribution in [0, 0.1) is 36.5 Å². The topological polar surface area (TPSA) is 158 Å². The first-order valence-corrected chi connectivity index (χ1v) is 14.1. The molecule has 3 aliphatic carbocycles. The summed E-state index contributed by atoms with van der Waals surface area (Å²) in [7, 11) is 0. The van der Waals surface area contributed by atoms with Crippen LogP contribution in [-0.2, 0) is 27.2 Å². The third-order valence-corrected chi connectivity index (χ3v) is 9.14. The Balaban J connectivity index is 1.71. The molecule has 0 aliphatic heterocycles. The van der Waals surface area contributed by atoms with Gasteiger partial charge in [0.1, 0.15) is 22.8 Å². The van der Waals surface area contributed by atoms with Gasteiger partial charge in [0.05, 0.1) is 5.56 Å². The van der Waals surface area contributed by atoms with Crippen LogP contribution in [0.25, 0.3) is 16.9 Å². The number of primary amides is 1. The Kier molecular flexibility index (Phi) is 6.89. The maximum atomic E-state index is 14.0. The third kappa shape index (κ3) is 4.19. The molecule has 0 saturated heterocycles. The summed E-state index contributed by atoms with van der Waals surface area (Å²) < 4.78 is 0. The number of carbonyl (C=O) groups excluding carboxylic acids is 3. The Labute approximate surface area is 239 Å². The number of carbonyl (C=O) groups is 3. The van der Waals surface area contributed by atoms with E-state index in [-0.39, 0.29) is 35.6 Å². The van der Waals surface area contributed by atoms with Crippen LogP contribution >= 0.6 is 0 Å². The number of phenolic OH excluding ortho intramolecular Hbond substituents is 1. The van der Waals surface area contributed by atoms with E-state index in [9.17, 15) is 34.8 Å². The Morgan fingerprint density at radius 3 is 2.37 bits per heavy atom. The number of phenols is 1. The molecule has 1 amide bonds. The van der Waals surface area contributed by atoms with Crippen LogP contribution in [0.4, 0.5) is 0 Å². The van der Waals surface area contributed by atoms with Crippen molar-refractivity contribution in [3.8, 4) is 16.9 Å². The molecule has 0 aromatic heterocycles. The molecule has 2 aromatic rings. The fourth-order valence-electron chi connectivity index (χ4n) is 7.25. The summed E-state index contributed by atoms with van der Waals surface area (Å²) in [6.45, 7) is 9.86. The van der Waals surface area contributed by atoms with Gasteiger partial charge < -0.3 is 26.2 Å². The number of Topliss-reactive ketones (excluding diaryl/α,β-unsaturated/α-hetero) is 2. The minimum Gasteiger partial charge on any atom is -0.508 e. The molecule has 41 heavy (non-hydrogen) atoms. The summed E-state index contributed by atoms with van der Waals surface area (Å²) in [5, 5.41) is 45.2. The summed E-state index contributed by atoms with van der Waals surface area (Å²) in [6.07, 6.45) is 1.24. The van der Waals surface area contributed by atoms with E-state index in [0.29, 0.717) is 11.5 Å². The van der Waals surface area contributed by atoms with Gasteiger partial charge in [-0.25, -0.2) is 0 Å². The van der Waals surface area contributed by atoms with Gasteiger partial charge in [-0.2, -0.15) is 0 Å². The van der Waals surface area contributed by atoms with Crippen LogP contribution in [0.5, 0.6) is 5.75 Å². The summed E-state index contributed by atoms with van der Waals surface area (Å²) >= 11 is 0. The predicted molar refractivity (Wildman–Crippen MR) is 154 cm³/mol. The van der Waals surface area contributed by atoms with Crippen LogP contribution < -0.4 is 5.73 Å². The van der Waals surface area contributed by atoms with Gasteiger partial charge in [-0.05, 0) is 77.8 Å². The minimum absolute atomic E-state index is 0.0906. The number of nitrogens with two attached hydrogens (primary N) is 1. The number of amides is 1. The fourth-order valence-corrected chi connectivity index (χ4v) is 7.25. The summed E-state index contributed by atoms with van der Waals surface area (Å²) in [5.74, 6) is -7.20. The molecular formula is C33H37NO7. The maximum Gasteiger partial charge on any atom is 0.255 e. The van der Waals surface area contributed by atoms with E-state index in [1.165, 1.54) is 17.2 Å². The van der Waals surface area contributed by atoms with Crippen LogP contribution in [-0.4, -0.2) is 43.5 Å². The van der Waals surface area contributed by atoms with Gasteiger partial charge in [0.2, 0.25) is 5.78 Å². The van der Waals surface area contributed by atoms with Crippen molar-refractivity contribution in [1.29, 1.82) is 0 Å². The van der Waals surface area contributed by atoms with Gasteiger partial charge >= 0.3 is 0 Å². The molecular weight excluding hydrogens is 522 g/mol. The average molecular weight is 560 g/mol. The second kappa shape index (κ2) is 9.87. The zero-order chi connectivity index (χ0) is 30.1. The number of benzene rings is 2. The predicted octanol–water partition coefficient (Wildman–Crippen LogP) is 4.48. The third-order valence-electron chi connectivity index (χ3n) is 9.14. The zero-order valence-corrected chi connectivity index (χ0v) is 24.0. The Bertz CT molecular complexity index is 1560. The van der Waals surface area contributed by atoms with Crippen molar-refractivity contribution in [3.05, 3.63) is 69.5 Å². The first-order valence-electron chi connectivity index (χ1n) is 14.1. The molecule has 5 rings (SSSR count). The lowest BCUT2D eigenvalue weighted by atomic mass is 9.54. The van der Waals surface area contributed by atoms with Crippen LogP contribution in [0.3, 0.4) is 0 Å². The van der Waals surface area contributed by atoms with E-state index in [4.69, 9.17) is 5.73 Å². The van der Waals surface area contributed by atoms with E-state index in [1.807, 2.05) is 12.1 Å². The van der Waals surface area contributed by atoms with Crippen molar-refractivity contribution >= 4 is 23.2 Å². The van der Waals surface area contributed by atoms with Gasteiger partial charge in [-0.15, -0.1) is 0 Å². The van der Waals surface area contributed by atoms with E-state index < -0.39 is 57.9 Å². The first kappa shape index (κ1) is 28.6. The molecule has 0 radical (unpaired) electrons. The molecule has 2 aromatic carbocycles. The van der Waals surface area contributed by atoms with E-state index in [0.717, 1.165) is 17.5 Å². The van der Waals surface area contributed by atoms with Gasteiger partial charge in [-0.1, -0.05) is 52.0 Å². The molecule has 3 aliphatic rings. The largest absolute Gasteiger partial charge is 0.508 e. The highest BCUT2D eigenvalue weighted by atomic mass is 16.3. The number of rotatable bonds is 5. The van der Waals surface area contributed by atoms with Crippen molar-refractivity contribution in [1.82, 2.24) is 0 Å². The standard InChI is InChI=1S/C33H37NO7/c1-14(2)10-18-11-17(7-6-16(18)5)20-8-9-23(35)26-21(20)12-19-13-22-24(15(3)4)28(36)27(32(34)40)31(39)33(22,41)30(38)25(19)29(26)37/h6-9,11,14-15,19,22,24,35,37,39,41H,10,12-13H2,1-5H3,(H2,34,40)/t19-,22-,24-,33-/m0/s1. The van der Waals surface area contributed by atoms with Crippen LogP contribution in [0.1, 0.15) is 56.4 Å². The quantitative estimate of drug-likeness (QED) is 0.338. The molecule has 0 spiro atoms. The summed E-state index contributed by atoms with van der Waals surface area (Å²) in [6, 6.07) is 9.43. The smallest absolute Gasteiger partial charge is 0.255 e. The summed E-state index contributed by atoms with van der Waals surface area (Å²) in [4.78, 5) is 39.5. The van der Waals surface area contributed by atoms with Gasteiger partial charge in [0.25, 0.3) is 5.91 Å². The van der Waals surface area contributed by atoms with E-state index in [1.54, 1.807) is 19.9 Å². The Morgan fingerprint density at radius 1 is 1.07 bits per heavy atom. The van der Waals surface area contributed by atoms with Crippen molar-refractivity contribution in [2.75, 3.05) is 0 Å². The Hall–Kier alpha value is -3.91. The maximum absolute atomic E-state index is 14.0. The molecule has 1 fully saturated rings. The SMILES string of the molecule is Cc1ccc(-c2ccc(O)c3c2C[C@H]2C[C@H]4[C@H](C(C)C)C(=O)C(C(N)=O)=C(O)[C@@]4(O)C(=O)C2=C3O)cc1CC(C)C. The molecule has 0 heterocycles. The molecule has 1 saturated carbocycles. The van der Waals surface area contributed by atoms with Gasteiger partial charge in [0.15, 0.2) is 11.4 Å². The molecule has 0 bridgehead atoms. The van der Waals surface area contributed by atoms with Gasteiger partial charge in [0, 0.05) is 17.4 Å². The number of hydrogen-bond donors (Lipinski definition) is 5. The second-order valence-electron chi connectivity index (χ2n) is 12.5. The number of hydrogen-bond acceptors (Lipinski definition) is 7. The van der Waals surface area contributed by atoms with Gasteiger partial charge in [-0.3, -0.25) is 14.4 Å². The average Bonchev–Trinajstić information content (AvgIpc) is 2.87. The van der Waals surface area contributed by atoms with E-state index in [2.05, 4.69) is 26.8 Å². The number of aliphatic hydroxyl groups excluding tert-OH is 2. The lowest BCUT2D eigenvalue weighted by molar-refractivity contribution is -0.155. The molecule has 6 N–H and O–H groups in total. The fraction of sp³-hybridized carbons (Fsp3) is 0.424. The number of ketones is 2. The number of aromatic hydroxyl groups is 1. The number of aliphatic hydroxyl groups is 3. The normalized spacial score (nSPS) is 25.9. The number of fused-ring (bicyclic) bond motifs is 3. The molecule has 8 nitrogen and oxygen atoms in total. The molecule has 0 unspecified atom stereocenters. The lowest BCUT2D eigenvalue weighted by Gasteiger charge is -2.50. The lowest BCUT2D eigenvalue weighted by Crippen LogP contribution is -2.62. The number of aryl methyl sites for hydroxylation is 1. The van der Waals surface area contributed by atoms with Crippen LogP contribution in [0.15, 0.2) is 47.2 Å². The van der Waals surface area contributed by atoms with E-state index >= 15 is 0 Å². The highest BCUT2D eigenvalue weighted by Crippen LogP contribution is 2.55. The van der Waals surface area contributed by atoms with Crippen LogP contribution in [0.2, 0.25) is 0 Å². The monoisotopic (exact) mass is 559 g/mol. The second-order valence-corrected chi connectivity index (χ2v) is 12.5. The van der Waals surface area contributed by atoms with Crippen molar-refractivity contribution in [2.45, 2.75) is 59.5 Å². The zero-order valence-electron chi connectivity index (χ0n) is 24.0.